The van der Waals surface area contributed by atoms with Crippen LogP contribution in [-0.4, -0.2) is 44.4 Å². The summed E-state index contributed by atoms with van der Waals surface area (Å²) < 4.78 is 32.3. The molecule has 0 aromatic rings. The molecule has 0 saturated carbocycles. The zero-order valence-electron chi connectivity index (χ0n) is 29.6. The van der Waals surface area contributed by atoms with Crippen LogP contribution in [0.25, 0.3) is 0 Å². The Labute approximate surface area is 276 Å². The third-order valence-electron chi connectivity index (χ3n) is 7.83. The third-order valence-corrected chi connectivity index (χ3v) is 8.80. The van der Waals surface area contributed by atoms with E-state index < -0.39 is 26.5 Å². The van der Waals surface area contributed by atoms with Crippen LogP contribution in [-0.2, 0) is 32.7 Å². The number of quaternary nitrogens is 1. The molecule has 0 aliphatic heterocycles. The summed E-state index contributed by atoms with van der Waals surface area (Å²) in [5.74, 6) is -0.845. The van der Waals surface area contributed by atoms with Crippen LogP contribution in [0.1, 0.15) is 175 Å². The Bertz CT molecular complexity index is 758. The van der Waals surface area contributed by atoms with Gasteiger partial charge in [-0.1, -0.05) is 143 Å². The van der Waals surface area contributed by atoms with Crippen molar-refractivity contribution in [2.75, 3.05) is 26.4 Å². The molecule has 0 amide bonds. The fraction of sp³-hybridized carbons (Fsp3) is 0.943. The van der Waals surface area contributed by atoms with Crippen LogP contribution in [0.4, 0.5) is 0 Å². The molecule has 0 aromatic carbocycles. The Morgan fingerprint density at radius 2 is 1.11 bits per heavy atom. The summed E-state index contributed by atoms with van der Waals surface area (Å²) in [5.41, 5.74) is 3.95. The Hall–Kier alpha value is -0.990. The van der Waals surface area contributed by atoms with Crippen LogP contribution in [0.15, 0.2) is 0 Å². The lowest BCUT2D eigenvalue weighted by Crippen LogP contribution is -2.52. The molecule has 0 radical (unpaired) electrons. The maximum atomic E-state index is 12.5. The Morgan fingerprint density at radius 3 is 1.58 bits per heavy atom. The van der Waals surface area contributed by atoms with Gasteiger partial charge in [-0.2, -0.15) is 0 Å². The van der Waals surface area contributed by atoms with Crippen LogP contribution in [0.5, 0.6) is 0 Å². The highest BCUT2D eigenvalue weighted by Crippen LogP contribution is 2.38. The van der Waals surface area contributed by atoms with E-state index in [1.807, 2.05) is 0 Å². The van der Waals surface area contributed by atoms with Crippen LogP contribution in [0.3, 0.4) is 0 Å². The van der Waals surface area contributed by atoms with Gasteiger partial charge >= 0.3 is 11.9 Å². The number of carbonyl (C=O) groups excluding carboxylic acids is 2. The average molecular weight is 664 g/mol. The standard InChI is InChI=1S/C35H70NO8P/c1-5-6-7-8-9-10-11-12-13-16-19-22-25-33(37)41-30-32(31-43-45(39,40)42-29-28-36)44-34(38)26-23-20-17-14-15-18-21-24-27-35(2,3)4/h32H,5-31,36H2,1-4H3,(H,39,40)/t32-/m0/s1. The number of hydrogen-bond acceptors (Lipinski definition) is 8. The highest BCUT2D eigenvalue weighted by molar-refractivity contribution is 7.45. The van der Waals surface area contributed by atoms with E-state index in [0.29, 0.717) is 11.8 Å². The first kappa shape index (κ1) is 44.0. The van der Waals surface area contributed by atoms with E-state index in [1.54, 1.807) is 0 Å². The Balaban J connectivity index is 4.25. The van der Waals surface area contributed by atoms with Gasteiger partial charge in [0.1, 0.15) is 13.2 Å². The minimum Gasteiger partial charge on any atom is -0.756 e. The first-order valence-corrected chi connectivity index (χ1v) is 19.7. The molecule has 0 spiro atoms. The topological polar surface area (TPSA) is 139 Å². The average Bonchev–Trinajstić information content (AvgIpc) is 2.98. The van der Waals surface area contributed by atoms with E-state index in [9.17, 15) is 19.0 Å². The first-order chi connectivity index (χ1) is 21.5. The van der Waals surface area contributed by atoms with Crippen molar-refractivity contribution in [2.24, 2.45) is 5.41 Å². The number of hydrogen-bond donors (Lipinski definition) is 1. The number of unbranched alkanes of at least 4 members (excludes halogenated alkanes) is 18. The van der Waals surface area contributed by atoms with E-state index in [4.69, 9.17) is 18.5 Å². The van der Waals surface area contributed by atoms with Gasteiger partial charge in [0.05, 0.1) is 13.2 Å². The third kappa shape index (κ3) is 32.7. The SMILES string of the molecule is CCCCCCCCCCCCCCC(=O)OC[C@@H](COP(=O)([O-])OCC[NH3+])OC(=O)CCCCCCCCCCC(C)(C)C. The smallest absolute Gasteiger partial charge is 0.306 e. The molecule has 45 heavy (non-hydrogen) atoms. The van der Waals surface area contributed by atoms with Crippen LogP contribution < -0.4 is 10.6 Å². The molecule has 9 nitrogen and oxygen atoms in total. The second kappa shape index (κ2) is 29.2. The molecule has 0 saturated heterocycles. The molecule has 0 aliphatic carbocycles. The Kier molecular flexibility index (Phi) is 28.5. The van der Waals surface area contributed by atoms with Crippen LogP contribution in [0.2, 0.25) is 0 Å². The van der Waals surface area contributed by atoms with Gasteiger partial charge < -0.3 is 29.1 Å². The highest BCUT2D eigenvalue weighted by atomic mass is 31.2. The fourth-order valence-electron chi connectivity index (χ4n) is 5.10. The van der Waals surface area contributed by atoms with Gasteiger partial charge in [0.25, 0.3) is 7.82 Å². The molecule has 0 heterocycles. The quantitative estimate of drug-likeness (QED) is 0.0431. The largest absolute Gasteiger partial charge is 0.756 e. The minimum absolute atomic E-state index is 0.101. The van der Waals surface area contributed by atoms with E-state index in [-0.39, 0.29) is 38.6 Å². The Morgan fingerprint density at radius 1 is 0.667 bits per heavy atom. The monoisotopic (exact) mass is 663 g/mol. The van der Waals surface area contributed by atoms with Gasteiger partial charge in [0.15, 0.2) is 6.10 Å². The maximum Gasteiger partial charge on any atom is 0.306 e. The lowest BCUT2D eigenvalue weighted by atomic mass is 9.89. The summed E-state index contributed by atoms with van der Waals surface area (Å²) >= 11 is 0. The molecule has 2 atom stereocenters. The summed E-state index contributed by atoms with van der Waals surface area (Å²) in [6.45, 7) is 8.52. The molecule has 0 fully saturated rings. The van der Waals surface area contributed by atoms with Crippen LogP contribution in [0, 0.1) is 5.41 Å². The number of rotatable bonds is 32. The van der Waals surface area contributed by atoms with E-state index in [1.165, 1.54) is 89.9 Å². The molecule has 0 bridgehead atoms. The lowest BCUT2D eigenvalue weighted by molar-refractivity contribution is -0.373. The fourth-order valence-corrected chi connectivity index (χ4v) is 5.88. The van der Waals surface area contributed by atoms with Gasteiger partial charge in [-0.05, 0) is 24.7 Å². The molecule has 10 heteroatoms. The normalized spacial score (nSPS) is 13.8. The second-order valence-electron chi connectivity index (χ2n) is 13.8. The number of phosphoric acid groups is 1. The predicted octanol–water partition coefficient (Wildman–Crippen LogP) is 8.22. The molecule has 1 unspecified atom stereocenters. The van der Waals surface area contributed by atoms with Crippen molar-refractivity contribution in [1.82, 2.24) is 0 Å². The number of ether oxygens (including phenoxy) is 2. The zero-order valence-corrected chi connectivity index (χ0v) is 30.5. The summed E-state index contributed by atoms with van der Waals surface area (Å²) in [7, 11) is -4.57. The molecule has 3 N–H and O–H groups in total. The van der Waals surface area contributed by atoms with Gasteiger partial charge in [-0.15, -0.1) is 0 Å². The number of esters is 2. The molecule has 0 aromatic heterocycles. The van der Waals surface area contributed by atoms with E-state index in [0.717, 1.165) is 38.5 Å². The lowest BCUT2D eigenvalue weighted by Gasteiger charge is -2.25. The molecular formula is C35H70NO8P. The second-order valence-corrected chi connectivity index (χ2v) is 15.2. The molecule has 268 valence electrons. The van der Waals surface area contributed by atoms with Crippen molar-refractivity contribution >= 4 is 19.8 Å². The molecule has 0 aliphatic rings. The zero-order chi connectivity index (χ0) is 33.7. The van der Waals surface area contributed by atoms with E-state index in [2.05, 4.69) is 33.4 Å². The van der Waals surface area contributed by atoms with Crippen molar-refractivity contribution in [3.63, 3.8) is 0 Å². The van der Waals surface area contributed by atoms with Gasteiger partial charge in [-0.25, -0.2) is 0 Å². The van der Waals surface area contributed by atoms with Crippen molar-refractivity contribution in [3.8, 4) is 0 Å². The summed E-state index contributed by atoms with van der Waals surface area (Å²) in [5, 5.41) is 0. The minimum atomic E-state index is -4.57. The van der Waals surface area contributed by atoms with Gasteiger partial charge in [-0.3, -0.25) is 14.2 Å². The van der Waals surface area contributed by atoms with Crippen molar-refractivity contribution in [2.45, 2.75) is 181 Å². The molecule has 0 rings (SSSR count). The first-order valence-electron chi connectivity index (χ1n) is 18.2. The van der Waals surface area contributed by atoms with E-state index >= 15 is 0 Å². The number of phosphoric ester groups is 1. The number of carbonyl (C=O) groups is 2. The van der Waals surface area contributed by atoms with Crippen molar-refractivity contribution < 1.29 is 43.3 Å². The molecular weight excluding hydrogens is 593 g/mol. The highest BCUT2D eigenvalue weighted by Gasteiger charge is 2.21. The van der Waals surface area contributed by atoms with Gasteiger partial charge in [0, 0.05) is 12.8 Å². The van der Waals surface area contributed by atoms with Crippen molar-refractivity contribution in [3.05, 3.63) is 0 Å². The van der Waals surface area contributed by atoms with Gasteiger partial charge in [0.2, 0.25) is 0 Å². The van der Waals surface area contributed by atoms with Crippen molar-refractivity contribution in [1.29, 1.82) is 0 Å². The summed E-state index contributed by atoms with van der Waals surface area (Å²) in [6, 6.07) is 0. The summed E-state index contributed by atoms with van der Waals surface area (Å²) in [6.07, 6.45) is 24.1. The van der Waals surface area contributed by atoms with Crippen LogP contribution >= 0.6 is 7.82 Å². The maximum absolute atomic E-state index is 12.5. The summed E-state index contributed by atoms with van der Waals surface area (Å²) in [4.78, 5) is 36.7. The predicted molar refractivity (Wildman–Crippen MR) is 179 cm³/mol.